The Morgan fingerprint density at radius 3 is 1.63 bits per heavy atom. The quantitative estimate of drug-likeness (QED) is 0.169. The van der Waals surface area contributed by atoms with Gasteiger partial charge in [0.05, 0.1) is 0 Å². The maximum absolute atomic E-state index is 2.38. The molecule has 0 aliphatic heterocycles. The number of thiophene rings is 1. The van der Waals surface area contributed by atoms with E-state index in [9.17, 15) is 0 Å². The standard InChI is InChI=1S/C50H33NS/c1-2-11-34(12-3-1)35-21-26-39(27-22-35)51(41-30-32-46-45-18-8-9-20-48(45)52-49(46)33-41)40-28-23-38(24-29-40)44-31-25-37-14-5-7-17-43(37)50(44)47-19-10-15-36-13-4-6-16-42(36)47/h1-33H. The highest BCUT2D eigenvalue weighted by atomic mass is 32.1. The highest BCUT2D eigenvalue weighted by molar-refractivity contribution is 7.25. The van der Waals surface area contributed by atoms with Crippen molar-refractivity contribution in [1.82, 2.24) is 0 Å². The predicted octanol–water partition coefficient (Wildman–Crippen LogP) is 14.8. The normalized spacial score (nSPS) is 11.5. The van der Waals surface area contributed by atoms with Crippen LogP contribution in [0.25, 0.3) is 75.1 Å². The molecular weight excluding hydrogens is 647 g/mol. The van der Waals surface area contributed by atoms with Gasteiger partial charge in [-0.15, -0.1) is 11.3 Å². The van der Waals surface area contributed by atoms with Crippen LogP contribution in [-0.4, -0.2) is 0 Å². The van der Waals surface area contributed by atoms with E-state index in [0.29, 0.717) is 0 Å². The van der Waals surface area contributed by atoms with Gasteiger partial charge < -0.3 is 4.90 Å². The van der Waals surface area contributed by atoms with Gasteiger partial charge in [0.25, 0.3) is 0 Å². The van der Waals surface area contributed by atoms with Gasteiger partial charge >= 0.3 is 0 Å². The molecule has 0 bridgehead atoms. The van der Waals surface area contributed by atoms with Gasteiger partial charge in [-0.05, 0) is 97.4 Å². The smallest absolute Gasteiger partial charge is 0.0476 e. The minimum Gasteiger partial charge on any atom is -0.310 e. The molecule has 2 heteroatoms. The van der Waals surface area contributed by atoms with E-state index >= 15 is 0 Å². The van der Waals surface area contributed by atoms with Gasteiger partial charge in [-0.1, -0.05) is 158 Å². The van der Waals surface area contributed by atoms with Gasteiger partial charge in [-0.2, -0.15) is 0 Å². The number of fused-ring (bicyclic) bond motifs is 5. The summed E-state index contributed by atoms with van der Waals surface area (Å²) in [4.78, 5) is 2.38. The summed E-state index contributed by atoms with van der Waals surface area (Å²) >= 11 is 1.86. The molecule has 0 aliphatic carbocycles. The Morgan fingerprint density at radius 2 is 0.865 bits per heavy atom. The molecule has 244 valence electrons. The maximum Gasteiger partial charge on any atom is 0.0476 e. The van der Waals surface area contributed by atoms with E-state index in [0.717, 1.165) is 17.1 Å². The Morgan fingerprint density at radius 1 is 0.308 bits per heavy atom. The van der Waals surface area contributed by atoms with E-state index in [1.165, 1.54) is 75.1 Å². The molecular formula is C50H33NS. The van der Waals surface area contributed by atoms with Crippen LogP contribution >= 0.6 is 11.3 Å². The van der Waals surface area contributed by atoms with Crippen LogP contribution in [0.3, 0.4) is 0 Å². The van der Waals surface area contributed by atoms with E-state index in [1.54, 1.807) is 0 Å². The van der Waals surface area contributed by atoms with Crippen molar-refractivity contribution in [3.05, 3.63) is 200 Å². The van der Waals surface area contributed by atoms with Gasteiger partial charge in [-0.3, -0.25) is 0 Å². The second-order valence-corrected chi connectivity index (χ2v) is 14.4. The molecule has 52 heavy (non-hydrogen) atoms. The lowest BCUT2D eigenvalue weighted by Gasteiger charge is -2.26. The van der Waals surface area contributed by atoms with E-state index in [4.69, 9.17) is 0 Å². The zero-order valence-electron chi connectivity index (χ0n) is 28.4. The van der Waals surface area contributed by atoms with E-state index in [-0.39, 0.29) is 0 Å². The van der Waals surface area contributed by atoms with Crippen LogP contribution in [0.15, 0.2) is 200 Å². The first-order chi connectivity index (χ1) is 25.8. The second-order valence-electron chi connectivity index (χ2n) is 13.3. The van der Waals surface area contributed by atoms with Crippen LogP contribution in [0.4, 0.5) is 17.1 Å². The number of anilines is 3. The SMILES string of the molecule is c1ccc(-c2ccc(N(c3ccc(-c4ccc5ccccc5c4-c4cccc5ccccc45)cc3)c3ccc4c(c3)sc3ccccc34)cc2)cc1. The summed E-state index contributed by atoms with van der Waals surface area (Å²) in [7, 11) is 0. The number of nitrogens with zero attached hydrogens (tertiary/aromatic N) is 1. The van der Waals surface area contributed by atoms with Crippen molar-refractivity contribution in [1.29, 1.82) is 0 Å². The van der Waals surface area contributed by atoms with Gasteiger partial charge in [0.1, 0.15) is 0 Å². The lowest BCUT2D eigenvalue weighted by atomic mass is 9.87. The number of benzene rings is 9. The zero-order valence-corrected chi connectivity index (χ0v) is 29.2. The van der Waals surface area contributed by atoms with Crippen molar-refractivity contribution in [2.24, 2.45) is 0 Å². The van der Waals surface area contributed by atoms with Crippen molar-refractivity contribution in [3.8, 4) is 33.4 Å². The highest BCUT2D eigenvalue weighted by Crippen LogP contribution is 2.44. The Kier molecular flexibility index (Phi) is 7.41. The van der Waals surface area contributed by atoms with Crippen molar-refractivity contribution in [2.45, 2.75) is 0 Å². The monoisotopic (exact) mass is 679 g/mol. The van der Waals surface area contributed by atoms with Crippen molar-refractivity contribution >= 4 is 70.1 Å². The number of hydrogen-bond acceptors (Lipinski definition) is 2. The van der Waals surface area contributed by atoms with Crippen LogP contribution in [0, 0.1) is 0 Å². The lowest BCUT2D eigenvalue weighted by Crippen LogP contribution is -2.09. The third-order valence-corrected chi connectivity index (χ3v) is 11.4. The second kappa shape index (κ2) is 12.7. The molecule has 0 atom stereocenters. The molecule has 0 N–H and O–H groups in total. The fourth-order valence-corrected chi connectivity index (χ4v) is 8.91. The van der Waals surface area contributed by atoms with E-state index in [1.807, 2.05) is 11.3 Å². The van der Waals surface area contributed by atoms with Crippen molar-refractivity contribution in [2.75, 3.05) is 4.90 Å². The first-order valence-corrected chi connectivity index (χ1v) is 18.6. The molecule has 1 heterocycles. The molecule has 0 amide bonds. The van der Waals surface area contributed by atoms with E-state index in [2.05, 4.69) is 205 Å². The van der Waals surface area contributed by atoms with Crippen LogP contribution in [-0.2, 0) is 0 Å². The Hall–Kier alpha value is -6.48. The van der Waals surface area contributed by atoms with Gasteiger partial charge in [0.15, 0.2) is 0 Å². The Labute approximate surface area is 307 Å². The summed E-state index contributed by atoms with van der Waals surface area (Å²) in [5.74, 6) is 0. The predicted molar refractivity (Wildman–Crippen MR) is 225 cm³/mol. The summed E-state index contributed by atoms with van der Waals surface area (Å²) in [6.45, 7) is 0. The van der Waals surface area contributed by atoms with Crippen LogP contribution in [0.1, 0.15) is 0 Å². The van der Waals surface area contributed by atoms with Gasteiger partial charge in [0, 0.05) is 37.2 Å². The molecule has 0 aliphatic rings. The molecule has 10 rings (SSSR count). The fraction of sp³-hybridized carbons (Fsp3) is 0. The molecule has 0 unspecified atom stereocenters. The summed E-state index contributed by atoms with van der Waals surface area (Å²) in [6, 6.07) is 72.9. The summed E-state index contributed by atoms with van der Waals surface area (Å²) < 4.78 is 2.60. The Bertz CT molecular complexity index is 2880. The molecule has 10 aromatic rings. The average Bonchev–Trinajstić information content (AvgIpc) is 3.59. The number of rotatable bonds is 6. The van der Waals surface area contributed by atoms with E-state index < -0.39 is 0 Å². The fourth-order valence-electron chi connectivity index (χ4n) is 7.77. The third kappa shape index (κ3) is 5.24. The topological polar surface area (TPSA) is 3.24 Å². The minimum atomic E-state index is 1.11. The zero-order chi connectivity index (χ0) is 34.4. The molecule has 0 radical (unpaired) electrons. The first kappa shape index (κ1) is 30.4. The molecule has 0 saturated heterocycles. The molecule has 1 nitrogen and oxygen atoms in total. The molecule has 9 aromatic carbocycles. The lowest BCUT2D eigenvalue weighted by molar-refractivity contribution is 1.29. The van der Waals surface area contributed by atoms with Gasteiger partial charge in [-0.25, -0.2) is 0 Å². The molecule has 0 saturated carbocycles. The molecule has 1 aromatic heterocycles. The third-order valence-electron chi connectivity index (χ3n) is 10.3. The first-order valence-electron chi connectivity index (χ1n) is 17.8. The molecule has 0 fully saturated rings. The van der Waals surface area contributed by atoms with Crippen LogP contribution < -0.4 is 4.90 Å². The number of hydrogen-bond donors (Lipinski definition) is 0. The van der Waals surface area contributed by atoms with Crippen LogP contribution in [0.2, 0.25) is 0 Å². The molecule has 0 spiro atoms. The summed E-state index contributed by atoms with van der Waals surface area (Å²) in [5, 5.41) is 7.63. The maximum atomic E-state index is 2.38. The summed E-state index contributed by atoms with van der Waals surface area (Å²) in [5.41, 5.74) is 10.7. The van der Waals surface area contributed by atoms with Crippen molar-refractivity contribution in [3.63, 3.8) is 0 Å². The highest BCUT2D eigenvalue weighted by Gasteiger charge is 2.18. The average molecular weight is 680 g/mol. The summed E-state index contributed by atoms with van der Waals surface area (Å²) in [6.07, 6.45) is 0. The van der Waals surface area contributed by atoms with Gasteiger partial charge in [0.2, 0.25) is 0 Å². The van der Waals surface area contributed by atoms with Crippen molar-refractivity contribution < 1.29 is 0 Å². The minimum absolute atomic E-state index is 1.11. The largest absolute Gasteiger partial charge is 0.310 e. The van der Waals surface area contributed by atoms with Crippen LogP contribution in [0.5, 0.6) is 0 Å². The Balaban J connectivity index is 1.12.